The van der Waals surface area contributed by atoms with Gasteiger partial charge >= 0.3 is 6.03 Å². The van der Waals surface area contributed by atoms with E-state index in [4.69, 9.17) is 0 Å². The molecule has 0 unspecified atom stereocenters. The normalized spacial score (nSPS) is 15.6. The van der Waals surface area contributed by atoms with Crippen LogP contribution < -0.4 is 0 Å². The molecule has 0 radical (unpaired) electrons. The summed E-state index contributed by atoms with van der Waals surface area (Å²) in [6.45, 7) is 3.55. The second-order valence-corrected chi connectivity index (χ2v) is 5.67. The van der Waals surface area contributed by atoms with Crippen LogP contribution in [0.1, 0.15) is 31.2 Å². The molecule has 5 heteroatoms. The second kappa shape index (κ2) is 7.11. The number of nitrogens with zero attached hydrogens (tertiary/aromatic N) is 3. The Bertz CT molecular complexity index is 577. The zero-order valence-electron chi connectivity index (χ0n) is 13.2. The highest BCUT2D eigenvalue weighted by atomic mass is 16.3. The number of amides is 2. The Morgan fingerprint density at radius 2 is 2.05 bits per heavy atom. The Labute approximate surface area is 131 Å². The van der Waals surface area contributed by atoms with Gasteiger partial charge in [0.25, 0.3) is 0 Å². The van der Waals surface area contributed by atoms with Gasteiger partial charge in [-0.15, -0.1) is 0 Å². The van der Waals surface area contributed by atoms with Crippen LogP contribution >= 0.6 is 0 Å². The van der Waals surface area contributed by atoms with E-state index in [0.717, 1.165) is 18.4 Å². The van der Waals surface area contributed by atoms with Crippen LogP contribution in [0.25, 0.3) is 5.70 Å². The van der Waals surface area contributed by atoms with Crippen molar-refractivity contribution in [1.29, 1.82) is 0 Å². The van der Waals surface area contributed by atoms with Crippen molar-refractivity contribution in [1.82, 2.24) is 9.80 Å². The van der Waals surface area contributed by atoms with Gasteiger partial charge in [-0.05, 0) is 31.7 Å². The number of carbonyl (C=O) groups excluding carboxylic acids is 1. The minimum absolute atomic E-state index is 0.0618. The Hall–Kier alpha value is -2.30. The summed E-state index contributed by atoms with van der Waals surface area (Å²) in [5.41, 5.74) is 1.27. The number of benzene rings is 1. The predicted octanol–water partition coefficient (Wildman–Crippen LogP) is 3.32. The predicted molar refractivity (Wildman–Crippen MR) is 88.8 cm³/mol. The molecule has 0 spiro atoms. The summed E-state index contributed by atoms with van der Waals surface area (Å²) >= 11 is 0. The molecule has 0 atom stereocenters. The summed E-state index contributed by atoms with van der Waals surface area (Å²) in [5.74, 6) is 0.157. The number of urea groups is 1. The number of hydrogen-bond acceptors (Lipinski definition) is 3. The number of phenols is 1. The SMILES string of the molecule is C=N/C(=C\N(C)C(=O)N(C)C1CCCC1)c1cccc(O)c1. The summed E-state index contributed by atoms with van der Waals surface area (Å²) < 4.78 is 0. The maximum Gasteiger partial charge on any atom is 0.323 e. The molecule has 1 fully saturated rings. The van der Waals surface area contributed by atoms with E-state index < -0.39 is 0 Å². The lowest BCUT2D eigenvalue weighted by molar-refractivity contribution is 0.169. The summed E-state index contributed by atoms with van der Waals surface area (Å²) in [5, 5.41) is 9.55. The lowest BCUT2D eigenvalue weighted by Gasteiger charge is -2.28. The molecule has 1 aliphatic carbocycles. The van der Waals surface area contributed by atoms with Crippen molar-refractivity contribution in [2.45, 2.75) is 31.7 Å². The fraction of sp³-hybridized carbons (Fsp3) is 0.412. The van der Waals surface area contributed by atoms with Gasteiger partial charge < -0.3 is 14.9 Å². The van der Waals surface area contributed by atoms with Gasteiger partial charge in [0.2, 0.25) is 0 Å². The molecule has 5 nitrogen and oxygen atoms in total. The van der Waals surface area contributed by atoms with Gasteiger partial charge in [-0.3, -0.25) is 4.99 Å². The van der Waals surface area contributed by atoms with Crippen molar-refractivity contribution in [3.05, 3.63) is 36.0 Å². The van der Waals surface area contributed by atoms with Crippen molar-refractivity contribution in [3.63, 3.8) is 0 Å². The quantitative estimate of drug-likeness (QED) is 0.867. The number of hydrogen-bond donors (Lipinski definition) is 1. The number of rotatable bonds is 4. The molecule has 2 amide bonds. The third kappa shape index (κ3) is 3.67. The third-order valence-electron chi connectivity index (χ3n) is 4.10. The Morgan fingerprint density at radius 3 is 2.64 bits per heavy atom. The van der Waals surface area contributed by atoms with E-state index in [-0.39, 0.29) is 11.8 Å². The first-order chi connectivity index (χ1) is 10.5. The highest BCUT2D eigenvalue weighted by molar-refractivity contribution is 5.78. The fourth-order valence-electron chi connectivity index (χ4n) is 2.81. The molecule has 2 rings (SSSR count). The van der Waals surface area contributed by atoms with Gasteiger partial charge in [0.1, 0.15) is 5.75 Å². The van der Waals surface area contributed by atoms with E-state index in [0.29, 0.717) is 11.7 Å². The molecule has 0 bridgehead atoms. The zero-order chi connectivity index (χ0) is 16.1. The lowest BCUT2D eigenvalue weighted by atomic mass is 10.1. The monoisotopic (exact) mass is 301 g/mol. The summed E-state index contributed by atoms with van der Waals surface area (Å²) in [6.07, 6.45) is 6.16. The lowest BCUT2D eigenvalue weighted by Crippen LogP contribution is -2.41. The smallest absolute Gasteiger partial charge is 0.323 e. The van der Waals surface area contributed by atoms with Crippen molar-refractivity contribution < 1.29 is 9.90 Å². The van der Waals surface area contributed by atoms with Crippen molar-refractivity contribution in [2.75, 3.05) is 14.1 Å². The van der Waals surface area contributed by atoms with Crippen LogP contribution in [0.4, 0.5) is 4.79 Å². The standard InChI is InChI=1S/C17H23N3O2/c1-18-16(13-7-6-10-15(21)11-13)12-19(2)17(22)20(3)14-8-4-5-9-14/h6-7,10-12,14,21H,1,4-5,8-9H2,2-3H3/b16-12-. The second-order valence-electron chi connectivity index (χ2n) is 5.67. The molecule has 118 valence electrons. The minimum Gasteiger partial charge on any atom is -0.508 e. The molecule has 22 heavy (non-hydrogen) atoms. The van der Waals surface area contributed by atoms with E-state index in [9.17, 15) is 9.90 Å². The van der Waals surface area contributed by atoms with Gasteiger partial charge in [-0.25, -0.2) is 4.79 Å². The van der Waals surface area contributed by atoms with Crippen molar-refractivity contribution in [3.8, 4) is 5.75 Å². The van der Waals surface area contributed by atoms with Gasteiger partial charge in [-0.2, -0.15) is 0 Å². The molecule has 0 aliphatic heterocycles. The number of aromatic hydroxyl groups is 1. The molecule has 0 heterocycles. The van der Waals surface area contributed by atoms with E-state index >= 15 is 0 Å². The van der Waals surface area contributed by atoms with Crippen molar-refractivity contribution in [2.24, 2.45) is 4.99 Å². The van der Waals surface area contributed by atoms with Crippen molar-refractivity contribution >= 4 is 18.4 Å². The minimum atomic E-state index is -0.0618. The van der Waals surface area contributed by atoms with Gasteiger partial charge in [0, 0.05) is 31.9 Å². The largest absolute Gasteiger partial charge is 0.508 e. The Balaban J connectivity index is 2.14. The van der Waals surface area contributed by atoms with Crippen LogP contribution in [0, 0.1) is 0 Å². The summed E-state index contributed by atoms with van der Waals surface area (Å²) in [7, 11) is 3.56. The molecular weight excluding hydrogens is 278 g/mol. The first-order valence-electron chi connectivity index (χ1n) is 7.50. The molecule has 1 N–H and O–H groups in total. The fourth-order valence-corrected chi connectivity index (χ4v) is 2.81. The third-order valence-corrected chi connectivity index (χ3v) is 4.10. The topological polar surface area (TPSA) is 56.1 Å². The van der Waals surface area contributed by atoms with Crippen LogP contribution in [-0.4, -0.2) is 47.8 Å². The number of carbonyl (C=O) groups is 1. The van der Waals surface area contributed by atoms with Crippen LogP contribution in [0.3, 0.4) is 0 Å². The van der Waals surface area contributed by atoms with Gasteiger partial charge in [0.15, 0.2) is 0 Å². The van der Waals surface area contributed by atoms with E-state index in [1.165, 1.54) is 17.7 Å². The molecular formula is C17H23N3O2. The van der Waals surface area contributed by atoms with Crippen LogP contribution in [0.15, 0.2) is 35.5 Å². The molecule has 1 aliphatic rings. The molecule has 1 aromatic carbocycles. The molecule has 0 saturated heterocycles. The van der Waals surface area contributed by atoms with E-state index in [1.54, 1.807) is 36.3 Å². The molecule has 1 saturated carbocycles. The average molecular weight is 301 g/mol. The number of phenolic OH excluding ortho intramolecular Hbond substituents is 1. The number of aliphatic imine (C=N–C) groups is 1. The van der Waals surface area contributed by atoms with Gasteiger partial charge in [-0.1, -0.05) is 25.0 Å². The molecule has 0 aromatic heterocycles. The van der Waals surface area contributed by atoms with Gasteiger partial charge in [0.05, 0.1) is 5.70 Å². The van der Waals surface area contributed by atoms with Crippen LogP contribution in [0.2, 0.25) is 0 Å². The Kier molecular flexibility index (Phi) is 5.20. The maximum absolute atomic E-state index is 12.5. The first-order valence-corrected chi connectivity index (χ1v) is 7.50. The summed E-state index contributed by atoms with van der Waals surface area (Å²) in [6, 6.07) is 7.00. The van der Waals surface area contributed by atoms with E-state index in [1.807, 2.05) is 13.1 Å². The zero-order valence-corrected chi connectivity index (χ0v) is 13.2. The molecule has 1 aromatic rings. The first kappa shape index (κ1) is 16.1. The van der Waals surface area contributed by atoms with E-state index in [2.05, 4.69) is 11.7 Å². The average Bonchev–Trinajstić information content (AvgIpc) is 3.05. The summed E-state index contributed by atoms with van der Waals surface area (Å²) in [4.78, 5) is 19.8. The Morgan fingerprint density at radius 1 is 1.36 bits per heavy atom. The van der Waals surface area contributed by atoms with Crippen LogP contribution in [0.5, 0.6) is 5.75 Å². The highest BCUT2D eigenvalue weighted by Crippen LogP contribution is 2.24. The maximum atomic E-state index is 12.5. The highest BCUT2D eigenvalue weighted by Gasteiger charge is 2.25. The van der Waals surface area contributed by atoms with Crippen LogP contribution in [-0.2, 0) is 0 Å².